The molecule has 4 amide bonds. The van der Waals surface area contributed by atoms with Crippen molar-refractivity contribution in [2.45, 2.75) is 51.0 Å². The number of alkyl carbamates (subject to hydrolysis) is 1. The van der Waals surface area contributed by atoms with Gasteiger partial charge in [0.25, 0.3) is 0 Å². The van der Waals surface area contributed by atoms with Gasteiger partial charge in [0, 0.05) is 51.0 Å². The van der Waals surface area contributed by atoms with Crippen LogP contribution in [-0.2, 0) is 48.4 Å². The number of benzene rings is 5. The van der Waals surface area contributed by atoms with Gasteiger partial charge in [0.1, 0.15) is 32.7 Å². The third kappa shape index (κ3) is 14.1. The lowest BCUT2D eigenvalue weighted by Gasteiger charge is -2.43. The van der Waals surface area contributed by atoms with Crippen molar-refractivity contribution in [1.29, 1.82) is 0 Å². The number of ether oxygens (including phenoxy) is 8. The number of hydrogen-bond donors (Lipinski definition) is 3. The van der Waals surface area contributed by atoms with Crippen LogP contribution in [0.15, 0.2) is 115 Å². The molecule has 5 aromatic rings. The second kappa shape index (κ2) is 26.5. The minimum atomic E-state index is -0.832. The van der Waals surface area contributed by atoms with E-state index >= 15 is 0 Å². The number of phenols is 1. The van der Waals surface area contributed by atoms with E-state index < -0.39 is 54.5 Å². The van der Waals surface area contributed by atoms with E-state index in [1.165, 1.54) is 31.1 Å². The van der Waals surface area contributed by atoms with Crippen LogP contribution in [-0.4, -0.2) is 113 Å². The molecule has 0 aromatic heterocycles. The maximum atomic E-state index is 14.5. The van der Waals surface area contributed by atoms with Crippen molar-refractivity contribution >= 4 is 30.5 Å². The van der Waals surface area contributed by atoms with E-state index in [9.17, 15) is 29.1 Å². The molecule has 0 radical (unpaired) electrons. The van der Waals surface area contributed by atoms with Gasteiger partial charge in [0.05, 0.1) is 26.9 Å². The molecule has 2 aliphatic rings. The van der Waals surface area contributed by atoms with E-state index in [-0.39, 0.29) is 76.5 Å². The van der Waals surface area contributed by atoms with Crippen LogP contribution >= 0.6 is 0 Å². The molecule has 18 heteroatoms. The number of methoxy groups -OCH3 is 3. The number of aromatic hydroxyl groups is 1. The van der Waals surface area contributed by atoms with Crippen LogP contribution in [0.25, 0.3) is 0 Å². The second-order valence-electron chi connectivity index (χ2n) is 17.5. The largest absolute Gasteiger partial charge is 0.502 e. The summed E-state index contributed by atoms with van der Waals surface area (Å²) in [6.07, 6.45) is 0.216. The molecule has 0 saturated heterocycles. The molecule has 386 valence electrons. The number of carbonyl (C=O) groups excluding carboxylic acids is 5. The quantitative estimate of drug-likeness (QED) is 0.0305. The molecule has 1 aliphatic heterocycles. The monoisotopic (exact) mass is 1000 g/mol. The normalized spacial score (nSPS) is 16.3. The van der Waals surface area contributed by atoms with Crippen LogP contribution in [0.5, 0.6) is 28.7 Å². The molecule has 1 aliphatic carbocycles. The van der Waals surface area contributed by atoms with Crippen molar-refractivity contribution in [2.75, 3.05) is 67.5 Å². The van der Waals surface area contributed by atoms with Crippen molar-refractivity contribution in [3.8, 4) is 28.7 Å². The van der Waals surface area contributed by atoms with Crippen LogP contribution in [0.2, 0.25) is 0 Å². The van der Waals surface area contributed by atoms with Crippen LogP contribution in [0.3, 0.4) is 0 Å². The maximum Gasteiger partial charge on any atom is 0.410 e. The van der Waals surface area contributed by atoms with Crippen molar-refractivity contribution in [3.05, 3.63) is 149 Å². The van der Waals surface area contributed by atoms with E-state index in [2.05, 4.69) is 10.6 Å². The van der Waals surface area contributed by atoms with Gasteiger partial charge >= 0.3 is 18.3 Å². The predicted molar refractivity (Wildman–Crippen MR) is 266 cm³/mol. The van der Waals surface area contributed by atoms with Crippen molar-refractivity contribution in [3.63, 3.8) is 0 Å². The Hall–Kier alpha value is -7.99. The Bertz CT molecular complexity index is 2600. The van der Waals surface area contributed by atoms with E-state index in [0.717, 1.165) is 23.0 Å². The van der Waals surface area contributed by atoms with E-state index in [1.54, 1.807) is 24.3 Å². The number of phenolic OH excluding ortho intramolecular Hbond substituents is 1. The maximum absolute atomic E-state index is 14.5. The Labute approximate surface area is 424 Å². The van der Waals surface area contributed by atoms with Crippen molar-refractivity contribution < 1.29 is 67.0 Å². The number of nitrogens with one attached hydrogen (secondary N) is 2. The fourth-order valence-electron chi connectivity index (χ4n) is 9.07. The van der Waals surface area contributed by atoms with Gasteiger partial charge in [-0.05, 0) is 76.9 Å². The van der Waals surface area contributed by atoms with Gasteiger partial charge in [-0.25, -0.2) is 14.4 Å². The summed E-state index contributed by atoms with van der Waals surface area (Å²) in [4.78, 5) is 70.7. The molecule has 1 heterocycles. The summed E-state index contributed by atoms with van der Waals surface area (Å²) in [5, 5.41) is 16.7. The Morgan fingerprint density at radius 3 is 1.74 bits per heavy atom. The molecule has 0 spiro atoms. The molecule has 3 N–H and O–H groups in total. The van der Waals surface area contributed by atoms with Gasteiger partial charge in [-0.3, -0.25) is 9.69 Å². The van der Waals surface area contributed by atoms with Gasteiger partial charge in [0.15, 0.2) is 23.0 Å². The third-order valence-corrected chi connectivity index (χ3v) is 12.7. The zero-order chi connectivity index (χ0) is 51.5. The zero-order valence-electron chi connectivity index (χ0n) is 41.2. The molecule has 5 aromatic carbocycles. The smallest absolute Gasteiger partial charge is 0.410 e. The van der Waals surface area contributed by atoms with Crippen LogP contribution in [0, 0.1) is 11.8 Å². The summed E-state index contributed by atoms with van der Waals surface area (Å²) >= 11 is 0. The van der Waals surface area contributed by atoms with E-state index in [0.29, 0.717) is 47.6 Å². The van der Waals surface area contributed by atoms with Gasteiger partial charge < -0.3 is 63.3 Å². The highest BCUT2D eigenvalue weighted by atomic mass is 16.7. The summed E-state index contributed by atoms with van der Waals surface area (Å²) in [5.41, 5.74) is 4.27. The van der Waals surface area contributed by atoms with Gasteiger partial charge in [-0.1, -0.05) is 91.0 Å². The fraction of sp³-hybridized carbons (Fsp3) is 0.364. The summed E-state index contributed by atoms with van der Waals surface area (Å²) in [6, 6.07) is 33.8. The van der Waals surface area contributed by atoms with Gasteiger partial charge in [-0.2, -0.15) is 0 Å². The minimum Gasteiger partial charge on any atom is -0.502 e. The Morgan fingerprint density at radius 1 is 0.671 bits per heavy atom. The molecular formula is C55H62N4O14. The molecule has 2 unspecified atom stereocenters. The molecule has 4 atom stereocenters. The summed E-state index contributed by atoms with van der Waals surface area (Å²) < 4.78 is 45.1. The van der Waals surface area contributed by atoms with Gasteiger partial charge in [-0.15, -0.1) is 0 Å². The fourth-order valence-corrected chi connectivity index (χ4v) is 9.07. The predicted octanol–water partition coefficient (Wildman–Crippen LogP) is 7.89. The lowest BCUT2D eigenvalue weighted by atomic mass is 9.64. The summed E-state index contributed by atoms with van der Waals surface area (Å²) in [5.74, 6) is -1.71. The topological polar surface area (TPSA) is 210 Å². The Balaban J connectivity index is 1.08. The Morgan fingerprint density at radius 2 is 1.19 bits per heavy atom. The SMILES string of the molecule is COC[C@H]1C(C=O)C(c2cc(OC)c(O)c(OC)c2)c2cc3c(cc2[C@H]1NC(=O)CN(CCCN(CCCCNC(=O)OCc1ccccc1)C(=O)OCc1ccccc1)C(=O)OCc1ccccc1)OCO3. The standard InChI is InChI=1S/C55H62N4O14/c1-66-35-44-43(31-60)50(40-26-47(67-2)52(62)48(27-40)68-3)41-28-45-46(73-36-72-45)29-42(41)51(44)57-49(61)30-59(55(65)71-34-39-20-11-6-12-21-39)25-15-24-58(54(64)70-33-38-18-9-5-10-19-38)23-14-13-22-56-53(63)69-32-37-16-7-4-8-17-37/h4-12,16-21,26-29,31,43-44,50-51,62H,13-15,22-25,30,32-36H2,1-3H3,(H,56,63)(H,57,61)/t43?,44-,50?,51+/m0/s1. The Kier molecular flexibility index (Phi) is 19.1. The second-order valence-corrected chi connectivity index (χ2v) is 17.5. The van der Waals surface area contributed by atoms with Crippen molar-refractivity contribution in [2.24, 2.45) is 11.8 Å². The average molecular weight is 1000 g/mol. The number of amides is 4. The number of nitrogens with zero attached hydrogens (tertiary/aromatic N) is 2. The first-order chi connectivity index (χ1) is 35.6. The molecule has 0 bridgehead atoms. The molecule has 7 rings (SSSR count). The summed E-state index contributed by atoms with van der Waals surface area (Å²) in [6.45, 7) is 0.417. The van der Waals surface area contributed by atoms with Crippen LogP contribution in [0.1, 0.15) is 64.6 Å². The van der Waals surface area contributed by atoms with Crippen molar-refractivity contribution in [1.82, 2.24) is 20.4 Å². The molecule has 0 fully saturated rings. The molecule has 0 saturated carbocycles. The van der Waals surface area contributed by atoms with Gasteiger partial charge in [0.2, 0.25) is 18.4 Å². The van der Waals surface area contributed by atoms with E-state index in [1.807, 2.05) is 91.0 Å². The molecule has 18 nitrogen and oxygen atoms in total. The average Bonchev–Trinajstić information content (AvgIpc) is 3.88. The number of rotatable bonds is 24. The zero-order valence-corrected chi connectivity index (χ0v) is 41.2. The molecular weight excluding hydrogens is 941 g/mol. The lowest BCUT2D eigenvalue weighted by molar-refractivity contribution is -0.125. The summed E-state index contributed by atoms with van der Waals surface area (Å²) in [7, 11) is 4.33. The lowest BCUT2D eigenvalue weighted by Crippen LogP contribution is -2.48. The highest BCUT2D eigenvalue weighted by molar-refractivity contribution is 5.83. The van der Waals surface area contributed by atoms with E-state index in [4.69, 9.17) is 37.9 Å². The number of hydrogen-bond acceptors (Lipinski definition) is 14. The third-order valence-electron chi connectivity index (χ3n) is 12.7. The number of carbonyl (C=O) groups is 5. The first-order valence-corrected chi connectivity index (χ1v) is 24.1. The highest BCUT2D eigenvalue weighted by Crippen LogP contribution is 2.53. The number of fused-ring (bicyclic) bond motifs is 2. The number of unbranched alkanes of at least 4 members (excludes halogenated alkanes) is 1. The number of aldehydes is 1. The van der Waals surface area contributed by atoms with Crippen LogP contribution < -0.4 is 29.6 Å². The highest BCUT2D eigenvalue weighted by Gasteiger charge is 2.46. The first kappa shape index (κ1) is 52.8. The minimum absolute atomic E-state index is 0.00329. The molecule has 73 heavy (non-hydrogen) atoms. The first-order valence-electron chi connectivity index (χ1n) is 24.1. The van der Waals surface area contributed by atoms with Crippen LogP contribution in [0.4, 0.5) is 14.4 Å².